The number of hydrogen-bond acceptors (Lipinski definition) is 11. The first kappa shape index (κ1) is 33.4. The highest BCUT2D eigenvalue weighted by Crippen LogP contribution is 2.40. The van der Waals surface area contributed by atoms with Crippen molar-refractivity contribution in [3.63, 3.8) is 0 Å². The number of nitrogen functional groups attached to an aromatic ring is 1. The van der Waals surface area contributed by atoms with Crippen LogP contribution in [0.5, 0.6) is 6.01 Å². The first-order chi connectivity index (χ1) is 23.7. The number of ether oxygens (including phenoxy) is 1. The SMILES string of the molecule is C=C(CNO)C(=O)N1CCN(c2nc(OCC34CCCN3CCC4)nc3c(F)c(C4=c5c(C#N)c(N)sc5=C(F)CC=C4)c(Cl)cc23)CC1. The van der Waals surface area contributed by atoms with Crippen LogP contribution >= 0.6 is 22.9 Å². The molecule has 1 aromatic carbocycles. The Hall–Kier alpha value is -4.13. The molecule has 15 heteroatoms. The zero-order valence-corrected chi connectivity index (χ0v) is 28.3. The highest BCUT2D eigenvalue weighted by Gasteiger charge is 2.45. The van der Waals surface area contributed by atoms with Gasteiger partial charge in [0.1, 0.15) is 34.8 Å². The number of nitrogens with one attached hydrogen (secondary N) is 1. The summed E-state index contributed by atoms with van der Waals surface area (Å²) < 4.78 is 38.7. The summed E-state index contributed by atoms with van der Waals surface area (Å²) >= 11 is 7.83. The lowest BCUT2D eigenvalue weighted by atomic mass is 9.95. The summed E-state index contributed by atoms with van der Waals surface area (Å²) in [6.07, 6.45) is 7.25. The van der Waals surface area contributed by atoms with E-state index in [1.165, 1.54) is 0 Å². The van der Waals surface area contributed by atoms with Crippen molar-refractivity contribution in [2.45, 2.75) is 37.6 Å². The molecule has 1 amide bonds. The monoisotopic (exact) mass is 708 g/mol. The molecule has 256 valence electrons. The number of allylic oxidation sites excluding steroid dienone is 2. The fourth-order valence-electron chi connectivity index (χ4n) is 7.56. The molecule has 1 aliphatic carbocycles. The number of hydroxylamine groups is 1. The second kappa shape index (κ2) is 13.3. The Morgan fingerprint density at radius 3 is 2.63 bits per heavy atom. The van der Waals surface area contributed by atoms with Crippen molar-refractivity contribution >= 4 is 62.0 Å². The Labute approximate surface area is 290 Å². The number of hydrogen-bond donors (Lipinski definition) is 3. The van der Waals surface area contributed by atoms with Crippen molar-refractivity contribution in [1.29, 1.82) is 5.26 Å². The molecule has 4 N–H and O–H groups in total. The van der Waals surface area contributed by atoms with Gasteiger partial charge in [0.2, 0.25) is 0 Å². The van der Waals surface area contributed by atoms with E-state index in [0.29, 0.717) is 44.0 Å². The van der Waals surface area contributed by atoms with Crippen LogP contribution in [0.1, 0.15) is 43.2 Å². The molecule has 7 rings (SSSR count). The smallest absolute Gasteiger partial charge is 0.319 e. The van der Waals surface area contributed by atoms with Crippen molar-refractivity contribution in [2.75, 3.05) is 63.1 Å². The van der Waals surface area contributed by atoms with E-state index in [0.717, 1.165) is 50.1 Å². The van der Waals surface area contributed by atoms with Crippen LogP contribution in [0.25, 0.3) is 22.3 Å². The summed E-state index contributed by atoms with van der Waals surface area (Å²) in [5.41, 5.74) is 8.42. The van der Waals surface area contributed by atoms with Crippen LogP contribution in [-0.2, 0) is 4.79 Å². The zero-order chi connectivity index (χ0) is 34.4. The predicted molar refractivity (Wildman–Crippen MR) is 184 cm³/mol. The minimum Gasteiger partial charge on any atom is -0.461 e. The van der Waals surface area contributed by atoms with Gasteiger partial charge < -0.3 is 25.5 Å². The van der Waals surface area contributed by atoms with E-state index in [1.807, 2.05) is 10.4 Å². The number of carbonyl (C=O) groups excluding carboxylic acids is 1. The quantitative estimate of drug-likeness (QED) is 0.236. The Bertz CT molecular complexity index is 2060. The molecule has 0 spiro atoms. The molecule has 0 saturated carbocycles. The molecule has 3 fully saturated rings. The van der Waals surface area contributed by atoms with Crippen LogP contribution in [-0.4, -0.2) is 88.8 Å². The molecule has 3 aliphatic heterocycles. The van der Waals surface area contributed by atoms with Crippen molar-refractivity contribution in [3.05, 3.63) is 62.1 Å². The lowest BCUT2D eigenvalue weighted by Crippen LogP contribution is -2.50. The molecule has 4 aliphatic rings. The summed E-state index contributed by atoms with van der Waals surface area (Å²) in [7, 11) is 0. The average Bonchev–Trinajstić information content (AvgIpc) is 3.75. The first-order valence-corrected chi connectivity index (χ1v) is 17.4. The lowest BCUT2D eigenvalue weighted by molar-refractivity contribution is -0.127. The first-order valence-electron chi connectivity index (χ1n) is 16.2. The topological polar surface area (TPSA) is 144 Å². The number of fused-ring (bicyclic) bond motifs is 3. The van der Waals surface area contributed by atoms with Crippen LogP contribution in [0.2, 0.25) is 5.02 Å². The number of halogens is 3. The van der Waals surface area contributed by atoms with Gasteiger partial charge in [-0.2, -0.15) is 15.2 Å². The van der Waals surface area contributed by atoms with Gasteiger partial charge in [0.15, 0.2) is 5.82 Å². The second-order valence-electron chi connectivity index (χ2n) is 12.8. The number of benzene rings is 1. The second-order valence-corrected chi connectivity index (χ2v) is 14.2. The molecule has 0 bridgehead atoms. The van der Waals surface area contributed by atoms with E-state index in [9.17, 15) is 10.1 Å². The van der Waals surface area contributed by atoms with E-state index in [-0.39, 0.29) is 78.0 Å². The summed E-state index contributed by atoms with van der Waals surface area (Å²) in [4.78, 5) is 28.3. The zero-order valence-electron chi connectivity index (χ0n) is 26.7. The normalized spacial score (nSPS) is 18.8. The Morgan fingerprint density at radius 2 is 1.94 bits per heavy atom. The molecule has 11 nitrogen and oxygen atoms in total. The highest BCUT2D eigenvalue weighted by molar-refractivity contribution is 7.14. The van der Waals surface area contributed by atoms with E-state index in [1.54, 1.807) is 23.1 Å². The third-order valence-corrected chi connectivity index (χ3v) is 11.4. The minimum atomic E-state index is -0.763. The van der Waals surface area contributed by atoms with Crippen LogP contribution in [0, 0.1) is 17.1 Å². The fourth-order valence-corrected chi connectivity index (χ4v) is 8.83. The Balaban J connectivity index is 1.35. The highest BCUT2D eigenvalue weighted by atomic mass is 35.5. The number of nitrogens with two attached hydrogens (primary N) is 1. The Morgan fingerprint density at radius 1 is 1.20 bits per heavy atom. The van der Waals surface area contributed by atoms with Gasteiger partial charge in [-0.1, -0.05) is 30.3 Å². The maximum Gasteiger partial charge on any atom is 0.319 e. The number of rotatable bonds is 8. The Kier molecular flexibility index (Phi) is 9.06. The molecule has 0 radical (unpaired) electrons. The van der Waals surface area contributed by atoms with Crippen LogP contribution in [0.15, 0.2) is 30.4 Å². The van der Waals surface area contributed by atoms with Crippen molar-refractivity contribution in [3.8, 4) is 12.1 Å². The number of thiophene rings is 1. The van der Waals surface area contributed by atoms with Crippen LogP contribution in [0.3, 0.4) is 0 Å². The largest absolute Gasteiger partial charge is 0.461 e. The molecular weight excluding hydrogens is 674 g/mol. The van der Waals surface area contributed by atoms with Gasteiger partial charge in [0.25, 0.3) is 5.91 Å². The third-order valence-electron chi connectivity index (χ3n) is 10.00. The molecule has 2 aromatic heterocycles. The lowest BCUT2D eigenvalue weighted by Gasteiger charge is -2.36. The maximum atomic E-state index is 17.1. The van der Waals surface area contributed by atoms with Gasteiger partial charge in [-0.05, 0) is 50.4 Å². The molecule has 0 atom stereocenters. The summed E-state index contributed by atoms with van der Waals surface area (Å²) in [5, 5.41) is 19.7. The van der Waals surface area contributed by atoms with Gasteiger partial charge >= 0.3 is 6.01 Å². The van der Waals surface area contributed by atoms with Crippen molar-refractivity contribution in [1.82, 2.24) is 25.2 Å². The van der Waals surface area contributed by atoms with E-state index < -0.39 is 11.6 Å². The molecule has 0 unspecified atom stereocenters. The molecular formula is C34H35ClF2N8O3S. The van der Waals surface area contributed by atoms with Crippen molar-refractivity contribution < 1.29 is 23.5 Å². The number of aromatic nitrogens is 2. The third kappa shape index (κ3) is 5.83. The summed E-state index contributed by atoms with van der Waals surface area (Å²) in [6, 6.07) is 3.66. The van der Waals surface area contributed by atoms with E-state index in [4.69, 9.17) is 32.3 Å². The van der Waals surface area contributed by atoms with Gasteiger partial charge in [0, 0.05) is 54.3 Å². The molecule has 3 saturated heterocycles. The van der Waals surface area contributed by atoms with Gasteiger partial charge in [-0.3, -0.25) is 9.69 Å². The van der Waals surface area contributed by atoms with Crippen LogP contribution < -0.4 is 30.6 Å². The summed E-state index contributed by atoms with van der Waals surface area (Å²) in [6.45, 7) is 7.49. The number of anilines is 2. The van der Waals surface area contributed by atoms with Gasteiger partial charge in [0.05, 0.1) is 27.2 Å². The van der Waals surface area contributed by atoms with Gasteiger partial charge in [-0.15, -0.1) is 11.3 Å². The van der Waals surface area contributed by atoms with E-state index >= 15 is 8.78 Å². The molecule has 5 heterocycles. The maximum absolute atomic E-state index is 17.1. The molecule has 3 aromatic rings. The molecule has 49 heavy (non-hydrogen) atoms. The number of carbonyl (C=O) groups is 1. The fraction of sp³-hybridized carbons (Fsp3) is 0.412. The predicted octanol–water partition coefficient (Wildman–Crippen LogP) is 3.37. The number of amides is 1. The number of nitrogens with zero attached hydrogens (tertiary/aromatic N) is 6. The summed E-state index contributed by atoms with van der Waals surface area (Å²) in [5.74, 6) is -1.11. The van der Waals surface area contributed by atoms with Crippen LogP contribution in [0.4, 0.5) is 19.6 Å². The average molecular weight is 709 g/mol. The number of nitriles is 1. The van der Waals surface area contributed by atoms with Crippen molar-refractivity contribution in [2.24, 2.45) is 0 Å². The van der Waals surface area contributed by atoms with E-state index in [2.05, 4.69) is 22.5 Å². The van der Waals surface area contributed by atoms with Gasteiger partial charge in [-0.25, -0.2) is 14.3 Å². The minimum absolute atomic E-state index is 0.0164. The number of piperazine rings is 1. The standard InChI is InChI=1S/C34H35ClF2N8O3S/c1-19(17-40-47)32(46)44-13-11-43(12-14-44)31-21-15-23(35)26(20-5-2-6-24(36)29-25(20)22(16-38)30(39)49-29)27(37)28(21)41-33(42-31)48-18-34-7-3-9-45(34)10-4-8-34/h2,5,15,40,47H,1,3-4,6-14,17-18,39H2.